The molecular weight excluding hydrogens is 1460 g/mol. The van der Waals surface area contributed by atoms with Gasteiger partial charge in [0, 0.05) is 48.8 Å². The van der Waals surface area contributed by atoms with E-state index >= 15 is 4.79 Å². The van der Waals surface area contributed by atoms with E-state index in [1.165, 1.54) is 71.1 Å². The summed E-state index contributed by atoms with van der Waals surface area (Å²) < 4.78 is 36.3. The van der Waals surface area contributed by atoms with Crippen LogP contribution in [0.5, 0.6) is 0 Å². The van der Waals surface area contributed by atoms with Crippen LogP contribution in [0.25, 0.3) is 0 Å². The highest BCUT2D eigenvalue weighted by Crippen LogP contribution is 2.65. The summed E-state index contributed by atoms with van der Waals surface area (Å²) >= 11 is 0. The van der Waals surface area contributed by atoms with Crippen LogP contribution < -0.4 is 43.0 Å². The number of likely N-dealkylation sites (N-methyl/N-ethyl adjacent to an activating group) is 1. The molecule has 7 rings (SSSR count). The monoisotopic (exact) mass is 1550 g/mol. The summed E-state index contributed by atoms with van der Waals surface area (Å²) in [4.78, 5) is 189. The number of hydrogen-bond acceptors (Lipinski definition) is 28. The fraction of sp³-hybridized carbons (Fsp3) is 0.493. The number of aliphatic carboxylic acids is 4. The average molecular weight is 1550 g/mol. The second-order valence-electron chi connectivity index (χ2n) is 26.9. The highest BCUT2D eigenvalue weighted by atomic mass is 33.1. The Balaban J connectivity index is 1.09. The second kappa shape index (κ2) is 37.1. The molecule has 0 aromatic heterocycles. The molecule has 586 valence electrons. The van der Waals surface area contributed by atoms with Gasteiger partial charge in [-0.1, -0.05) is 109 Å². The van der Waals surface area contributed by atoms with Gasteiger partial charge < -0.3 is 107 Å². The molecule has 5 amide bonds. The number of aliphatic hydroxyl groups is 3. The minimum absolute atomic E-state index is 0.000940. The zero-order valence-corrected chi connectivity index (χ0v) is 61.2. The number of Topliss-reactive ketones (excluding diaryl/α,β-unsaturated/α-hetero) is 1. The number of ether oxygens (including phenoxy) is 6. The first-order valence-electron chi connectivity index (χ1n) is 34.0. The molecule has 37 heteroatoms. The SMILES string of the molecule is C=C(N)NCCC[C@H](NC(=O)[C@H](CC(=O)O)NC)C(=O)N[C@@H](CC(=O)O)C(=O)N[C@@H](CC(=O)O)C(=O)N[C@@H](CSSCCOC(=O)O[C@H]1C[C@H]2OC[C@@]2(OC(C)=O)C2[C@H](OC(=O)c3ccccc3)[C@]3(O)C[C@H](OC(=O)[C@H](O)[C@@H](NC(=O)c4ccccc4)c4ccccc4)C(C)=C([C@@H](O)C(=O)[C@@]21C)C3(C)C)C(=O)O. The highest BCUT2D eigenvalue weighted by Gasteiger charge is 2.79. The van der Waals surface area contributed by atoms with Gasteiger partial charge in [-0.3, -0.25) is 47.9 Å². The molecule has 3 aromatic rings. The van der Waals surface area contributed by atoms with Crippen molar-refractivity contribution >= 4 is 105 Å². The molecular formula is C71H88N8O27S2. The molecule has 16 N–H and O–H groups in total. The lowest BCUT2D eigenvalue weighted by atomic mass is 9.44. The Hall–Kier alpha value is -10.2. The van der Waals surface area contributed by atoms with E-state index in [0.717, 1.165) is 28.5 Å². The molecule has 0 radical (unpaired) electrons. The van der Waals surface area contributed by atoms with Crippen molar-refractivity contribution < 1.29 is 131 Å². The van der Waals surface area contributed by atoms with Gasteiger partial charge in [0.1, 0.15) is 66.9 Å². The predicted octanol–water partition coefficient (Wildman–Crippen LogP) is 0.543. The number of amides is 5. The van der Waals surface area contributed by atoms with Crippen molar-refractivity contribution in [2.24, 2.45) is 22.5 Å². The molecule has 1 aliphatic heterocycles. The van der Waals surface area contributed by atoms with E-state index in [9.17, 15) is 98.1 Å². The maximum absolute atomic E-state index is 16.0. The summed E-state index contributed by atoms with van der Waals surface area (Å²) in [6.07, 6.45) is -17.1. The third-order valence-electron chi connectivity index (χ3n) is 19.5. The minimum Gasteiger partial charge on any atom is -0.481 e. The lowest BCUT2D eigenvalue weighted by Crippen LogP contribution is -2.82. The third-order valence-corrected chi connectivity index (χ3v) is 21.8. The maximum Gasteiger partial charge on any atom is 0.508 e. The highest BCUT2D eigenvalue weighted by molar-refractivity contribution is 8.76. The Morgan fingerprint density at radius 2 is 1.23 bits per heavy atom. The van der Waals surface area contributed by atoms with Gasteiger partial charge in [-0.05, 0) is 74.7 Å². The molecule has 2 bridgehead atoms. The average Bonchev–Trinajstić information content (AvgIpc) is 0.668. The number of carboxylic acids is 4. The van der Waals surface area contributed by atoms with Gasteiger partial charge >= 0.3 is 47.9 Å². The van der Waals surface area contributed by atoms with Crippen LogP contribution in [0.1, 0.15) is 112 Å². The van der Waals surface area contributed by atoms with E-state index in [0.29, 0.717) is 0 Å². The van der Waals surface area contributed by atoms with Crippen molar-refractivity contribution in [3.8, 4) is 0 Å². The molecule has 2 saturated carbocycles. The smallest absolute Gasteiger partial charge is 0.481 e. The first-order chi connectivity index (χ1) is 50.9. The Bertz CT molecular complexity index is 3910. The number of nitrogens with one attached hydrogen (secondary N) is 7. The van der Waals surface area contributed by atoms with Gasteiger partial charge in [-0.25, -0.2) is 19.2 Å². The van der Waals surface area contributed by atoms with Crippen LogP contribution in [0.2, 0.25) is 0 Å². The van der Waals surface area contributed by atoms with E-state index in [-0.39, 0.29) is 58.8 Å². The van der Waals surface area contributed by atoms with Crippen LogP contribution in [0.4, 0.5) is 4.79 Å². The van der Waals surface area contributed by atoms with E-state index in [4.69, 9.17) is 34.2 Å². The maximum atomic E-state index is 16.0. The molecule has 16 atom stereocenters. The number of esters is 3. The Morgan fingerprint density at radius 3 is 1.76 bits per heavy atom. The fourth-order valence-corrected chi connectivity index (χ4v) is 15.9. The third kappa shape index (κ3) is 20.1. The van der Waals surface area contributed by atoms with Gasteiger partial charge in [0.05, 0.1) is 60.7 Å². The first-order valence-corrected chi connectivity index (χ1v) is 36.5. The van der Waals surface area contributed by atoms with Crippen LogP contribution in [0.3, 0.4) is 0 Å². The van der Waals surface area contributed by atoms with Crippen molar-refractivity contribution in [3.05, 3.63) is 131 Å². The van der Waals surface area contributed by atoms with E-state index in [1.807, 2.05) is 5.32 Å². The summed E-state index contributed by atoms with van der Waals surface area (Å²) in [5, 5.41) is 94.2. The van der Waals surface area contributed by atoms with Crippen LogP contribution in [0.15, 0.2) is 115 Å². The number of fused-ring (bicyclic) bond motifs is 5. The number of ketones is 1. The van der Waals surface area contributed by atoms with Crippen molar-refractivity contribution in [1.29, 1.82) is 0 Å². The van der Waals surface area contributed by atoms with E-state index in [2.05, 4.69) is 38.5 Å². The minimum atomic E-state index is -2.62. The van der Waals surface area contributed by atoms with Crippen LogP contribution in [-0.4, -0.2) is 235 Å². The number of carbonyl (C=O) groups excluding carboxylic acids is 10. The Labute approximate surface area is 626 Å². The predicted molar refractivity (Wildman–Crippen MR) is 379 cm³/mol. The number of benzene rings is 3. The zero-order valence-electron chi connectivity index (χ0n) is 59.5. The second-order valence-corrected chi connectivity index (χ2v) is 29.5. The first kappa shape index (κ1) is 85.1. The molecule has 3 aliphatic carbocycles. The van der Waals surface area contributed by atoms with Crippen molar-refractivity contribution in [2.75, 3.05) is 38.3 Å². The van der Waals surface area contributed by atoms with Crippen molar-refractivity contribution in [2.45, 2.75) is 164 Å². The number of aliphatic hydroxyl groups excluding tert-OH is 2. The van der Waals surface area contributed by atoms with Gasteiger partial charge in [0.15, 0.2) is 17.5 Å². The largest absolute Gasteiger partial charge is 0.508 e. The molecule has 35 nitrogen and oxygen atoms in total. The molecule has 108 heavy (non-hydrogen) atoms. The molecule has 3 fully saturated rings. The summed E-state index contributed by atoms with van der Waals surface area (Å²) in [7, 11) is 2.94. The van der Waals surface area contributed by atoms with E-state index in [1.54, 1.807) is 54.6 Å². The standard InChI is InChI=1S/C71H88N8O27S2/c1-35-46(103-66(98)55(88)53(38-18-11-8-12-19-38)79-59(90)39-20-13-9-14-21-39)32-71(100)58(105-65(97)40-22-15-10-16-23-40)56-69(6,57(89)54(87)52(35)68(71,4)5)47(31-48-70(56,34-102-48)106-37(3)80)104-67(99)101-26-27-107-108-33-45(64(95)96)78-63(94)44(30-51(85)86)77-62(93)43(29-50(83)84)76-60(91)41(24-17-25-74-36(2)72)75-61(92)42(73-7)28-49(81)82/h8-16,18-23,41-48,53-56,58,73-74,87-88,100H,2,17,24-34,72H2,1,3-7H3,(H,75,92)(H,76,91)(H,77,93)(H,78,94)(H,79,90)(H,81,82)(H,83,84)(H,85,86)(H,95,96)/t41-,42-,43-,44-,45-,46-,47-,48+,53-,54+,55+,56?,58-,69+,70-,71+/m0/s1. The lowest BCUT2D eigenvalue weighted by molar-refractivity contribution is -0.346. The molecule has 3 aromatic carbocycles. The Kier molecular flexibility index (Phi) is 29.2. The quantitative estimate of drug-likeness (QED) is 0.0123. The van der Waals surface area contributed by atoms with Crippen LogP contribution in [0, 0.1) is 16.7 Å². The molecule has 1 unspecified atom stereocenters. The number of carbonyl (C=O) groups is 14. The number of nitrogens with two attached hydrogens (primary N) is 1. The summed E-state index contributed by atoms with van der Waals surface area (Å²) in [6.45, 7) is 9.16. The van der Waals surface area contributed by atoms with Crippen LogP contribution >= 0.6 is 21.6 Å². The number of carboxylic acid groups (broad SMARTS) is 4. The Morgan fingerprint density at radius 1 is 0.704 bits per heavy atom. The van der Waals surface area contributed by atoms with Gasteiger partial charge in [-0.15, -0.1) is 0 Å². The van der Waals surface area contributed by atoms with Gasteiger partial charge in [0.2, 0.25) is 23.6 Å². The van der Waals surface area contributed by atoms with E-state index < -0.39 is 235 Å². The van der Waals surface area contributed by atoms with Crippen LogP contribution in [-0.2, 0) is 81.2 Å². The van der Waals surface area contributed by atoms with Crippen molar-refractivity contribution in [3.63, 3.8) is 0 Å². The molecule has 1 saturated heterocycles. The van der Waals surface area contributed by atoms with Crippen molar-refractivity contribution in [1.82, 2.24) is 37.2 Å². The molecule has 4 aliphatic rings. The summed E-state index contributed by atoms with van der Waals surface area (Å²) in [5.41, 5.74) is -3.21. The normalized spacial score (nSPS) is 24.3. The summed E-state index contributed by atoms with van der Waals surface area (Å²) in [5.74, 6) is -19.0. The van der Waals surface area contributed by atoms with Gasteiger partial charge in [-0.2, -0.15) is 0 Å². The topological polar surface area (TPSA) is 546 Å². The summed E-state index contributed by atoms with van der Waals surface area (Å²) in [6, 6.07) is 12.9. The number of hydrogen-bond donors (Lipinski definition) is 15. The molecule has 1 heterocycles. The fourth-order valence-electron chi connectivity index (χ4n) is 13.9. The zero-order chi connectivity index (χ0) is 79.8. The van der Waals surface area contributed by atoms with Gasteiger partial charge in [0.25, 0.3) is 5.91 Å². The number of rotatable bonds is 37. The lowest BCUT2D eigenvalue weighted by Gasteiger charge is -2.67. The molecule has 0 spiro atoms.